The number of nitro groups is 1. The van der Waals surface area contributed by atoms with Crippen LogP contribution in [0.1, 0.15) is 30.1 Å². The molecule has 0 fully saturated rings. The Hall–Kier alpha value is -2.09. The standard InChI is InChI=1S/C12H14F2N2O4/c1-7(3-2-4-17)15-12(18)8-5-10(14)11(16(19)20)6-9(8)13/h5-7,17H,2-4H2,1H3,(H,15,18). The fourth-order valence-corrected chi connectivity index (χ4v) is 1.62. The smallest absolute Gasteiger partial charge is 0.307 e. The van der Waals surface area contributed by atoms with Crippen LogP contribution in [0.3, 0.4) is 0 Å². The second kappa shape index (κ2) is 6.90. The summed E-state index contributed by atoms with van der Waals surface area (Å²) in [6, 6.07) is 0.539. The number of benzene rings is 1. The first-order chi connectivity index (χ1) is 9.36. The average molecular weight is 288 g/mol. The molecule has 1 amide bonds. The summed E-state index contributed by atoms with van der Waals surface area (Å²) in [7, 11) is 0. The number of hydrogen-bond donors (Lipinski definition) is 2. The van der Waals surface area contributed by atoms with Crippen LogP contribution in [0.25, 0.3) is 0 Å². The van der Waals surface area contributed by atoms with E-state index in [0.29, 0.717) is 25.0 Å². The number of halogens is 2. The third-order valence-corrected chi connectivity index (χ3v) is 2.65. The van der Waals surface area contributed by atoms with Crippen molar-refractivity contribution >= 4 is 11.6 Å². The van der Waals surface area contributed by atoms with Gasteiger partial charge in [-0.1, -0.05) is 0 Å². The Morgan fingerprint density at radius 1 is 1.45 bits per heavy atom. The van der Waals surface area contributed by atoms with Crippen LogP contribution in [-0.4, -0.2) is 28.6 Å². The van der Waals surface area contributed by atoms with Gasteiger partial charge < -0.3 is 10.4 Å². The van der Waals surface area contributed by atoms with Gasteiger partial charge >= 0.3 is 5.69 Å². The molecule has 2 N–H and O–H groups in total. The normalized spacial score (nSPS) is 12.0. The lowest BCUT2D eigenvalue weighted by Crippen LogP contribution is -2.33. The van der Waals surface area contributed by atoms with Gasteiger partial charge in [0.25, 0.3) is 5.91 Å². The molecule has 0 spiro atoms. The summed E-state index contributed by atoms with van der Waals surface area (Å²) in [5.74, 6) is -3.30. The Labute approximate surface area is 113 Å². The quantitative estimate of drug-likeness (QED) is 0.616. The van der Waals surface area contributed by atoms with Crippen LogP contribution in [0.5, 0.6) is 0 Å². The second-order valence-corrected chi connectivity index (χ2v) is 4.28. The molecule has 1 rings (SSSR count). The SMILES string of the molecule is CC(CCCO)NC(=O)c1cc(F)c([N+](=O)[O-])cc1F. The molecule has 8 heteroatoms. The van der Waals surface area contributed by atoms with E-state index in [2.05, 4.69) is 5.32 Å². The van der Waals surface area contributed by atoms with Gasteiger partial charge in [-0.25, -0.2) is 4.39 Å². The Bertz CT molecular complexity index is 522. The van der Waals surface area contributed by atoms with Crippen molar-refractivity contribution in [2.24, 2.45) is 0 Å². The summed E-state index contributed by atoms with van der Waals surface area (Å²) in [6.07, 6.45) is 0.928. The van der Waals surface area contributed by atoms with Gasteiger partial charge in [0.15, 0.2) is 0 Å². The molecule has 0 saturated heterocycles. The number of hydrogen-bond acceptors (Lipinski definition) is 4. The number of aliphatic hydroxyl groups is 1. The average Bonchev–Trinajstić information content (AvgIpc) is 2.38. The van der Waals surface area contributed by atoms with E-state index in [1.165, 1.54) is 0 Å². The topological polar surface area (TPSA) is 92.5 Å². The van der Waals surface area contributed by atoms with Crippen LogP contribution in [0, 0.1) is 21.7 Å². The first-order valence-electron chi connectivity index (χ1n) is 5.92. The van der Waals surface area contributed by atoms with Gasteiger partial charge in [0, 0.05) is 12.6 Å². The Balaban J connectivity index is 2.89. The molecule has 0 aliphatic carbocycles. The number of amides is 1. The van der Waals surface area contributed by atoms with E-state index >= 15 is 0 Å². The maximum Gasteiger partial charge on any atom is 0.307 e. The van der Waals surface area contributed by atoms with Crippen molar-refractivity contribution in [3.8, 4) is 0 Å². The number of rotatable bonds is 6. The molecule has 6 nitrogen and oxygen atoms in total. The maximum absolute atomic E-state index is 13.6. The van der Waals surface area contributed by atoms with Gasteiger partial charge in [0.05, 0.1) is 16.6 Å². The zero-order valence-electron chi connectivity index (χ0n) is 10.7. The largest absolute Gasteiger partial charge is 0.396 e. The van der Waals surface area contributed by atoms with Crippen molar-refractivity contribution in [1.82, 2.24) is 5.32 Å². The minimum absolute atomic E-state index is 0.0409. The van der Waals surface area contributed by atoms with Crippen LogP contribution >= 0.6 is 0 Å². The molecule has 0 bridgehead atoms. The lowest BCUT2D eigenvalue weighted by Gasteiger charge is -2.13. The number of carbonyl (C=O) groups excluding carboxylic acids is 1. The van der Waals surface area contributed by atoms with Crippen LogP contribution in [-0.2, 0) is 0 Å². The van der Waals surface area contributed by atoms with Crippen molar-refractivity contribution in [3.63, 3.8) is 0 Å². The fraction of sp³-hybridized carbons (Fsp3) is 0.417. The van der Waals surface area contributed by atoms with Crippen molar-refractivity contribution < 1.29 is 23.6 Å². The second-order valence-electron chi connectivity index (χ2n) is 4.28. The summed E-state index contributed by atoms with van der Waals surface area (Å²) >= 11 is 0. The molecular formula is C12H14F2N2O4. The summed E-state index contributed by atoms with van der Waals surface area (Å²) in [5, 5.41) is 21.5. The minimum Gasteiger partial charge on any atom is -0.396 e. The molecule has 1 aromatic rings. The highest BCUT2D eigenvalue weighted by Crippen LogP contribution is 2.21. The van der Waals surface area contributed by atoms with E-state index in [-0.39, 0.29) is 12.6 Å². The first-order valence-corrected chi connectivity index (χ1v) is 5.92. The molecule has 20 heavy (non-hydrogen) atoms. The highest BCUT2D eigenvalue weighted by atomic mass is 19.1. The van der Waals surface area contributed by atoms with Crippen molar-refractivity contribution in [3.05, 3.63) is 39.4 Å². The molecule has 0 aliphatic rings. The van der Waals surface area contributed by atoms with Crippen LogP contribution in [0.2, 0.25) is 0 Å². The van der Waals surface area contributed by atoms with Crippen LogP contribution in [0.15, 0.2) is 12.1 Å². The zero-order chi connectivity index (χ0) is 15.3. The van der Waals surface area contributed by atoms with Gasteiger partial charge in [-0.3, -0.25) is 14.9 Å². The maximum atomic E-state index is 13.6. The minimum atomic E-state index is -1.27. The van der Waals surface area contributed by atoms with Crippen molar-refractivity contribution in [2.45, 2.75) is 25.8 Å². The highest BCUT2D eigenvalue weighted by molar-refractivity contribution is 5.94. The summed E-state index contributed by atoms with van der Waals surface area (Å²) in [5.41, 5.74) is -1.61. The van der Waals surface area contributed by atoms with Gasteiger partial charge in [-0.15, -0.1) is 0 Å². The van der Waals surface area contributed by atoms with E-state index in [1.54, 1.807) is 6.92 Å². The van der Waals surface area contributed by atoms with Gasteiger partial charge in [-0.2, -0.15) is 4.39 Å². The molecule has 0 saturated carbocycles. The van der Waals surface area contributed by atoms with Gasteiger partial charge in [0.1, 0.15) is 5.82 Å². The number of nitrogens with zero attached hydrogens (tertiary/aromatic N) is 1. The summed E-state index contributed by atoms with van der Waals surface area (Å²) in [6.45, 7) is 1.61. The molecule has 1 unspecified atom stereocenters. The summed E-state index contributed by atoms with van der Waals surface area (Å²) in [4.78, 5) is 21.1. The first kappa shape index (κ1) is 16.0. The number of nitro benzene ring substituents is 1. The molecule has 110 valence electrons. The zero-order valence-corrected chi connectivity index (χ0v) is 10.7. The lowest BCUT2D eigenvalue weighted by molar-refractivity contribution is -0.387. The molecule has 0 aliphatic heterocycles. The Morgan fingerprint density at radius 2 is 2.10 bits per heavy atom. The predicted molar refractivity (Wildman–Crippen MR) is 66.3 cm³/mol. The molecule has 0 aromatic heterocycles. The number of nitrogens with one attached hydrogen (secondary N) is 1. The Morgan fingerprint density at radius 3 is 2.65 bits per heavy atom. The molecule has 0 heterocycles. The molecule has 0 radical (unpaired) electrons. The van der Waals surface area contributed by atoms with Crippen molar-refractivity contribution in [1.29, 1.82) is 0 Å². The van der Waals surface area contributed by atoms with Crippen molar-refractivity contribution in [2.75, 3.05) is 6.61 Å². The van der Waals surface area contributed by atoms with Gasteiger partial charge in [0.2, 0.25) is 5.82 Å². The lowest BCUT2D eigenvalue weighted by atomic mass is 10.1. The van der Waals surface area contributed by atoms with Crippen LogP contribution in [0.4, 0.5) is 14.5 Å². The van der Waals surface area contributed by atoms with E-state index < -0.39 is 33.7 Å². The fourth-order valence-electron chi connectivity index (χ4n) is 1.62. The number of aliphatic hydroxyl groups excluding tert-OH is 1. The van der Waals surface area contributed by atoms with E-state index in [0.717, 1.165) is 0 Å². The van der Waals surface area contributed by atoms with E-state index in [1.807, 2.05) is 0 Å². The van der Waals surface area contributed by atoms with Crippen LogP contribution < -0.4 is 5.32 Å². The summed E-state index contributed by atoms with van der Waals surface area (Å²) < 4.78 is 26.9. The molecule has 1 atom stereocenters. The van der Waals surface area contributed by atoms with Gasteiger partial charge in [-0.05, 0) is 25.8 Å². The highest BCUT2D eigenvalue weighted by Gasteiger charge is 2.22. The third kappa shape index (κ3) is 3.95. The number of carbonyl (C=O) groups is 1. The molecular weight excluding hydrogens is 274 g/mol. The van der Waals surface area contributed by atoms with E-state index in [4.69, 9.17) is 5.11 Å². The molecule has 1 aromatic carbocycles. The predicted octanol–water partition coefficient (Wildman–Crippen LogP) is 1.76. The van der Waals surface area contributed by atoms with E-state index in [9.17, 15) is 23.7 Å². The monoisotopic (exact) mass is 288 g/mol. The third-order valence-electron chi connectivity index (χ3n) is 2.65. The Kier molecular flexibility index (Phi) is 5.51.